The van der Waals surface area contributed by atoms with E-state index in [0.717, 1.165) is 10.0 Å². The number of carbonyl (C=O) groups is 3. The molecule has 0 atom stereocenters. The maximum absolute atomic E-state index is 11.9. The molecule has 0 radical (unpaired) electrons. The molecule has 7 heteroatoms. The van der Waals surface area contributed by atoms with Gasteiger partial charge in [0, 0.05) is 22.1 Å². The molecule has 0 bridgehead atoms. The van der Waals surface area contributed by atoms with Crippen LogP contribution in [0.5, 0.6) is 5.75 Å². The summed E-state index contributed by atoms with van der Waals surface area (Å²) in [6, 6.07) is 12.1. The van der Waals surface area contributed by atoms with Crippen molar-refractivity contribution in [2.75, 3.05) is 18.5 Å². The molecule has 0 fully saturated rings. The summed E-state index contributed by atoms with van der Waals surface area (Å²) in [6.45, 7) is 3.31. The number of ketones is 1. The topological polar surface area (TPSA) is 84.5 Å². The zero-order valence-corrected chi connectivity index (χ0v) is 16.8. The number of amides is 2. The van der Waals surface area contributed by atoms with Crippen LogP contribution in [0.1, 0.15) is 29.3 Å². The second kappa shape index (κ2) is 9.87. The van der Waals surface area contributed by atoms with Gasteiger partial charge in [0.1, 0.15) is 5.75 Å². The molecule has 27 heavy (non-hydrogen) atoms. The first-order valence-corrected chi connectivity index (χ1v) is 9.27. The van der Waals surface area contributed by atoms with Crippen molar-refractivity contribution in [2.24, 2.45) is 0 Å². The normalized spacial score (nSPS) is 10.2. The molecular formula is C20H21BrN2O4. The molecule has 2 aromatic carbocycles. The molecule has 0 aromatic heterocycles. The van der Waals surface area contributed by atoms with Crippen LogP contribution in [0.4, 0.5) is 5.69 Å². The summed E-state index contributed by atoms with van der Waals surface area (Å²) < 4.78 is 6.29. The smallest absolute Gasteiger partial charge is 0.258 e. The standard InChI is InChI=1S/C20H21BrN2O4/c1-3-18(24)14-4-7-16(8-5-14)27-12-20(26)22-11-19(25)23-17-9-6-15(21)10-13(17)2/h4-10H,3,11-12H2,1-2H3,(H,22,26)(H,23,25). The summed E-state index contributed by atoms with van der Waals surface area (Å²) in [4.78, 5) is 35.3. The highest BCUT2D eigenvalue weighted by molar-refractivity contribution is 9.10. The zero-order valence-electron chi connectivity index (χ0n) is 15.2. The van der Waals surface area contributed by atoms with E-state index in [9.17, 15) is 14.4 Å². The van der Waals surface area contributed by atoms with Crippen LogP contribution in [0.15, 0.2) is 46.9 Å². The van der Waals surface area contributed by atoms with Gasteiger partial charge in [-0.2, -0.15) is 0 Å². The number of benzene rings is 2. The Labute approximate surface area is 166 Å². The lowest BCUT2D eigenvalue weighted by Gasteiger charge is -2.10. The molecule has 0 aliphatic carbocycles. The molecule has 6 nitrogen and oxygen atoms in total. The fourth-order valence-corrected chi connectivity index (χ4v) is 2.76. The molecule has 0 aliphatic heterocycles. The summed E-state index contributed by atoms with van der Waals surface area (Å²) in [5.74, 6) is -0.207. The summed E-state index contributed by atoms with van der Waals surface area (Å²) in [6.07, 6.45) is 0.435. The Morgan fingerprint density at radius 3 is 2.37 bits per heavy atom. The molecule has 0 unspecified atom stereocenters. The highest BCUT2D eigenvalue weighted by Gasteiger charge is 2.09. The Hall–Kier alpha value is -2.67. The quantitative estimate of drug-likeness (QED) is 0.625. The number of aryl methyl sites for hydroxylation is 1. The van der Waals surface area contributed by atoms with E-state index >= 15 is 0 Å². The van der Waals surface area contributed by atoms with Crippen molar-refractivity contribution in [2.45, 2.75) is 20.3 Å². The Balaban J connectivity index is 1.75. The van der Waals surface area contributed by atoms with Crippen LogP contribution in [-0.4, -0.2) is 30.7 Å². The van der Waals surface area contributed by atoms with Gasteiger partial charge in [-0.05, 0) is 55.0 Å². The summed E-state index contributed by atoms with van der Waals surface area (Å²) in [5.41, 5.74) is 2.21. The summed E-state index contributed by atoms with van der Waals surface area (Å²) >= 11 is 3.36. The molecule has 0 saturated heterocycles. The highest BCUT2D eigenvalue weighted by Crippen LogP contribution is 2.19. The molecule has 0 aliphatic rings. The number of nitrogens with one attached hydrogen (secondary N) is 2. The van der Waals surface area contributed by atoms with E-state index in [1.807, 2.05) is 19.1 Å². The van der Waals surface area contributed by atoms with Gasteiger partial charge < -0.3 is 15.4 Å². The Kier molecular flexibility index (Phi) is 7.55. The average Bonchev–Trinajstić information content (AvgIpc) is 2.66. The van der Waals surface area contributed by atoms with Gasteiger partial charge >= 0.3 is 0 Å². The molecule has 0 saturated carbocycles. The fourth-order valence-electron chi connectivity index (χ4n) is 2.28. The van der Waals surface area contributed by atoms with Gasteiger partial charge in [0.25, 0.3) is 5.91 Å². The lowest BCUT2D eigenvalue weighted by molar-refractivity contribution is -0.125. The van der Waals surface area contributed by atoms with E-state index in [4.69, 9.17) is 4.74 Å². The van der Waals surface area contributed by atoms with Crippen LogP contribution in [-0.2, 0) is 9.59 Å². The van der Waals surface area contributed by atoms with Gasteiger partial charge in [-0.3, -0.25) is 14.4 Å². The number of Topliss-reactive ketones (excluding diaryl/α,β-unsaturated/α-hetero) is 1. The first-order valence-electron chi connectivity index (χ1n) is 8.47. The molecular weight excluding hydrogens is 412 g/mol. The zero-order chi connectivity index (χ0) is 19.8. The van der Waals surface area contributed by atoms with E-state index in [1.165, 1.54) is 0 Å². The van der Waals surface area contributed by atoms with Crippen molar-refractivity contribution >= 4 is 39.2 Å². The predicted octanol–water partition coefficient (Wildman–Crippen LogP) is 3.48. The number of rotatable bonds is 8. The number of carbonyl (C=O) groups excluding carboxylic acids is 3. The lowest BCUT2D eigenvalue weighted by Crippen LogP contribution is -2.35. The van der Waals surface area contributed by atoms with Crippen LogP contribution >= 0.6 is 15.9 Å². The van der Waals surface area contributed by atoms with Crippen LogP contribution in [0.2, 0.25) is 0 Å². The summed E-state index contributed by atoms with van der Waals surface area (Å²) in [5, 5.41) is 5.24. The number of hydrogen-bond acceptors (Lipinski definition) is 4. The molecule has 0 heterocycles. The second-order valence-corrected chi connectivity index (χ2v) is 6.79. The Morgan fingerprint density at radius 2 is 1.74 bits per heavy atom. The second-order valence-electron chi connectivity index (χ2n) is 5.87. The van der Waals surface area contributed by atoms with Gasteiger partial charge in [-0.15, -0.1) is 0 Å². The SMILES string of the molecule is CCC(=O)c1ccc(OCC(=O)NCC(=O)Nc2ccc(Br)cc2C)cc1. The third-order valence-electron chi connectivity index (χ3n) is 3.78. The minimum Gasteiger partial charge on any atom is -0.484 e. The van der Waals surface area contributed by atoms with Gasteiger partial charge in [-0.1, -0.05) is 22.9 Å². The highest BCUT2D eigenvalue weighted by atomic mass is 79.9. The van der Waals surface area contributed by atoms with Crippen LogP contribution in [0.3, 0.4) is 0 Å². The van der Waals surface area contributed by atoms with Crippen LogP contribution < -0.4 is 15.4 Å². The molecule has 142 valence electrons. The van der Waals surface area contributed by atoms with E-state index in [1.54, 1.807) is 37.3 Å². The fraction of sp³-hybridized carbons (Fsp3) is 0.250. The Morgan fingerprint density at radius 1 is 1.04 bits per heavy atom. The molecule has 0 spiro atoms. The van der Waals surface area contributed by atoms with Gasteiger partial charge in [0.05, 0.1) is 6.54 Å². The van der Waals surface area contributed by atoms with E-state index in [0.29, 0.717) is 23.4 Å². The van der Waals surface area contributed by atoms with Crippen molar-refractivity contribution in [1.82, 2.24) is 5.32 Å². The third-order valence-corrected chi connectivity index (χ3v) is 4.27. The molecule has 2 rings (SSSR count). The van der Waals surface area contributed by atoms with Crippen molar-refractivity contribution in [3.05, 3.63) is 58.1 Å². The van der Waals surface area contributed by atoms with Crippen molar-refractivity contribution in [1.29, 1.82) is 0 Å². The maximum atomic E-state index is 11.9. The van der Waals surface area contributed by atoms with E-state index in [-0.39, 0.29) is 24.8 Å². The van der Waals surface area contributed by atoms with Crippen molar-refractivity contribution in [3.8, 4) is 5.75 Å². The largest absolute Gasteiger partial charge is 0.484 e. The molecule has 2 amide bonds. The van der Waals surface area contributed by atoms with Crippen molar-refractivity contribution in [3.63, 3.8) is 0 Å². The van der Waals surface area contributed by atoms with Crippen LogP contribution in [0.25, 0.3) is 0 Å². The first kappa shape index (κ1) is 20.6. The van der Waals surface area contributed by atoms with Crippen LogP contribution in [0, 0.1) is 6.92 Å². The molecule has 2 aromatic rings. The number of anilines is 1. The van der Waals surface area contributed by atoms with Gasteiger partial charge in [0.2, 0.25) is 5.91 Å². The number of ether oxygens (including phenoxy) is 1. The minimum atomic E-state index is -0.411. The minimum absolute atomic E-state index is 0.0475. The van der Waals surface area contributed by atoms with E-state index in [2.05, 4.69) is 26.6 Å². The van der Waals surface area contributed by atoms with Gasteiger partial charge in [0.15, 0.2) is 12.4 Å². The average molecular weight is 433 g/mol. The number of halogens is 1. The molecule has 2 N–H and O–H groups in total. The predicted molar refractivity (Wildman–Crippen MR) is 107 cm³/mol. The van der Waals surface area contributed by atoms with Crippen molar-refractivity contribution < 1.29 is 19.1 Å². The Bertz CT molecular complexity index is 834. The maximum Gasteiger partial charge on any atom is 0.258 e. The van der Waals surface area contributed by atoms with E-state index < -0.39 is 5.91 Å². The lowest BCUT2D eigenvalue weighted by atomic mass is 10.1. The summed E-state index contributed by atoms with van der Waals surface area (Å²) in [7, 11) is 0. The number of hydrogen-bond donors (Lipinski definition) is 2. The third kappa shape index (κ3) is 6.53. The van der Waals surface area contributed by atoms with Gasteiger partial charge in [-0.25, -0.2) is 0 Å². The first-order chi connectivity index (χ1) is 12.9. The monoisotopic (exact) mass is 432 g/mol.